The Balaban J connectivity index is 2.07. The smallest absolute Gasteiger partial charge is 0.150 e. The molecule has 2 rings (SSSR count). The maximum atomic E-state index is 13.3. The van der Waals surface area contributed by atoms with Gasteiger partial charge in [0.25, 0.3) is 0 Å². The molecule has 20 heavy (non-hydrogen) atoms. The van der Waals surface area contributed by atoms with Gasteiger partial charge in [-0.25, -0.2) is 12.8 Å². The fraction of sp³-hybridized carbons (Fsp3) is 0.600. The largest absolute Gasteiger partial charge is 0.317 e. The van der Waals surface area contributed by atoms with Gasteiger partial charge >= 0.3 is 0 Å². The lowest BCUT2D eigenvalue weighted by Crippen LogP contribution is -2.30. The van der Waals surface area contributed by atoms with E-state index >= 15 is 0 Å². The molecule has 0 bridgehead atoms. The molecule has 1 aliphatic rings. The monoisotopic (exact) mass is 299 g/mol. The molecular weight excluding hydrogens is 277 g/mol. The third-order valence-corrected chi connectivity index (χ3v) is 5.77. The van der Waals surface area contributed by atoms with Crippen molar-refractivity contribution in [2.45, 2.75) is 19.8 Å². The molecule has 1 fully saturated rings. The molecule has 0 aliphatic carbocycles. The first-order valence-electron chi connectivity index (χ1n) is 7.16. The van der Waals surface area contributed by atoms with Crippen LogP contribution in [-0.2, 0) is 16.3 Å². The normalized spacial score (nSPS) is 22.8. The number of rotatable bonds is 6. The average Bonchev–Trinajstić information content (AvgIpc) is 2.75. The van der Waals surface area contributed by atoms with Crippen molar-refractivity contribution in [1.29, 1.82) is 0 Å². The van der Waals surface area contributed by atoms with Crippen molar-refractivity contribution < 1.29 is 12.8 Å². The lowest BCUT2D eigenvalue weighted by atomic mass is 9.86. The molecule has 1 heterocycles. The Bertz CT molecular complexity index is 545. The maximum absolute atomic E-state index is 13.3. The van der Waals surface area contributed by atoms with Crippen molar-refractivity contribution in [1.82, 2.24) is 5.32 Å². The molecule has 112 valence electrons. The number of sulfone groups is 1. The Morgan fingerprint density at radius 1 is 1.45 bits per heavy atom. The summed E-state index contributed by atoms with van der Waals surface area (Å²) < 4.78 is 36.5. The van der Waals surface area contributed by atoms with Gasteiger partial charge in [0.05, 0.1) is 11.5 Å². The number of hydrogen-bond acceptors (Lipinski definition) is 3. The van der Waals surface area contributed by atoms with Gasteiger partial charge in [-0.1, -0.05) is 19.1 Å². The summed E-state index contributed by atoms with van der Waals surface area (Å²) in [7, 11) is -2.87. The van der Waals surface area contributed by atoms with E-state index in [1.807, 2.05) is 13.0 Å². The first-order chi connectivity index (χ1) is 9.50. The van der Waals surface area contributed by atoms with Crippen LogP contribution in [0.5, 0.6) is 0 Å². The van der Waals surface area contributed by atoms with E-state index in [-0.39, 0.29) is 23.4 Å². The quantitative estimate of drug-likeness (QED) is 0.874. The number of hydrogen-bond donors (Lipinski definition) is 1. The van der Waals surface area contributed by atoms with Crippen LogP contribution in [0.3, 0.4) is 0 Å². The van der Waals surface area contributed by atoms with Gasteiger partial charge in [0, 0.05) is 0 Å². The minimum atomic E-state index is -2.87. The van der Waals surface area contributed by atoms with Crippen LogP contribution in [0, 0.1) is 17.7 Å². The van der Waals surface area contributed by atoms with Crippen molar-refractivity contribution >= 4 is 9.84 Å². The highest BCUT2D eigenvalue weighted by Crippen LogP contribution is 2.28. The Morgan fingerprint density at radius 3 is 2.85 bits per heavy atom. The second-order valence-corrected chi connectivity index (χ2v) is 7.79. The molecule has 1 aromatic carbocycles. The molecule has 0 aromatic heterocycles. The Kier molecular flexibility index (Phi) is 5.16. The molecule has 2 atom stereocenters. The van der Waals surface area contributed by atoms with Crippen molar-refractivity contribution in [2.75, 3.05) is 24.6 Å². The second-order valence-electron chi connectivity index (χ2n) is 5.56. The summed E-state index contributed by atoms with van der Waals surface area (Å²) in [5.74, 6) is 0.766. The van der Waals surface area contributed by atoms with Gasteiger partial charge in [-0.05, 0) is 55.5 Å². The van der Waals surface area contributed by atoms with Gasteiger partial charge in [-0.2, -0.15) is 0 Å². The van der Waals surface area contributed by atoms with Crippen molar-refractivity contribution in [3.8, 4) is 0 Å². The summed E-state index contributed by atoms with van der Waals surface area (Å²) in [4.78, 5) is 0. The number of nitrogens with one attached hydrogen (secondary N) is 1. The summed E-state index contributed by atoms with van der Waals surface area (Å²) in [6, 6.07) is 6.59. The van der Waals surface area contributed by atoms with Gasteiger partial charge in [-0.15, -0.1) is 0 Å². The molecule has 0 spiro atoms. The lowest BCUT2D eigenvalue weighted by molar-refractivity contribution is 0.345. The third kappa shape index (κ3) is 4.28. The van der Waals surface area contributed by atoms with Crippen LogP contribution in [0.4, 0.5) is 4.39 Å². The highest BCUT2D eigenvalue weighted by Gasteiger charge is 2.33. The zero-order chi connectivity index (χ0) is 14.6. The second kappa shape index (κ2) is 6.68. The van der Waals surface area contributed by atoms with Gasteiger partial charge in [0.15, 0.2) is 9.84 Å². The third-order valence-electron chi connectivity index (χ3n) is 3.98. The topological polar surface area (TPSA) is 46.2 Å². The zero-order valence-corrected chi connectivity index (χ0v) is 12.6. The van der Waals surface area contributed by atoms with Crippen LogP contribution >= 0.6 is 0 Å². The van der Waals surface area contributed by atoms with Crippen LogP contribution < -0.4 is 5.32 Å². The first-order valence-corrected chi connectivity index (χ1v) is 8.98. The molecule has 5 heteroatoms. The Morgan fingerprint density at radius 2 is 2.25 bits per heavy atom. The highest BCUT2D eigenvalue weighted by atomic mass is 32.2. The average molecular weight is 299 g/mol. The summed E-state index contributed by atoms with van der Waals surface area (Å²) in [5.41, 5.74) is 0.942. The summed E-state index contributed by atoms with van der Waals surface area (Å²) >= 11 is 0. The molecule has 0 radical (unpaired) electrons. The molecule has 2 unspecified atom stereocenters. The minimum Gasteiger partial charge on any atom is -0.317 e. The van der Waals surface area contributed by atoms with E-state index in [9.17, 15) is 12.8 Å². The van der Waals surface area contributed by atoms with E-state index in [0.29, 0.717) is 5.75 Å². The SMILES string of the molecule is CCNCC(Cc1cccc(F)c1)C1CCS(=O)(=O)C1. The van der Waals surface area contributed by atoms with Gasteiger partial charge in [-0.3, -0.25) is 0 Å². The van der Waals surface area contributed by atoms with E-state index in [1.54, 1.807) is 12.1 Å². The number of halogens is 1. The predicted octanol–water partition coefficient (Wildman–Crippen LogP) is 2.03. The zero-order valence-electron chi connectivity index (χ0n) is 11.8. The first kappa shape index (κ1) is 15.4. The summed E-state index contributed by atoms with van der Waals surface area (Å²) in [6.45, 7) is 3.68. The molecule has 1 aliphatic heterocycles. The van der Waals surface area contributed by atoms with E-state index in [0.717, 1.165) is 31.5 Å². The fourth-order valence-corrected chi connectivity index (χ4v) is 4.82. The molecule has 3 nitrogen and oxygen atoms in total. The molecule has 1 saturated heterocycles. The summed E-state index contributed by atoms with van der Waals surface area (Å²) in [5, 5.41) is 3.30. The standard InChI is InChI=1S/C15H22FNO2S/c1-2-17-10-14(13-6-7-20(18,19)11-13)8-12-4-3-5-15(16)9-12/h3-5,9,13-14,17H,2,6-8,10-11H2,1H3. The van der Waals surface area contributed by atoms with Crippen molar-refractivity contribution in [3.05, 3.63) is 35.6 Å². The Hall–Kier alpha value is -0.940. The maximum Gasteiger partial charge on any atom is 0.150 e. The lowest BCUT2D eigenvalue weighted by Gasteiger charge is -2.23. The van der Waals surface area contributed by atoms with Gasteiger partial charge < -0.3 is 5.32 Å². The van der Waals surface area contributed by atoms with Gasteiger partial charge in [0.1, 0.15) is 5.82 Å². The van der Waals surface area contributed by atoms with Crippen molar-refractivity contribution in [3.63, 3.8) is 0 Å². The van der Waals surface area contributed by atoms with E-state index in [2.05, 4.69) is 5.32 Å². The van der Waals surface area contributed by atoms with Crippen molar-refractivity contribution in [2.24, 2.45) is 11.8 Å². The van der Waals surface area contributed by atoms with Gasteiger partial charge in [0.2, 0.25) is 0 Å². The van der Waals surface area contributed by atoms with E-state index < -0.39 is 9.84 Å². The molecule has 0 amide bonds. The molecule has 1 aromatic rings. The van der Waals surface area contributed by atoms with E-state index in [1.165, 1.54) is 6.07 Å². The molecule has 1 N–H and O–H groups in total. The van der Waals surface area contributed by atoms with Crippen LogP contribution in [0.15, 0.2) is 24.3 Å². The van der Waals surface area contributed by atoms with Crippen LogP contribution in [0.25, 0.3) is 0 Å². The van der Waals surface area contributed by atoms with Crippen LogP contribution in [-0.4, -0.2) is 33.0 Å². The van der Waals surface area contributed by atoms with Crippen LogP contribution in [0.2, 0.25) is 0 Å². The Labute approximate surface area is 120 Å². The molecular formula is C15H22FNO2S. The van der Waals surface area contributed by atoms with E-state index in [4.69, 9.17) is 0 Å². The number of benzene rings is 1. The van der Waals surface area contributed by atoms with Crippen LogP contribution in [0.1, 0.15) is 18.9 Å². The highest BCUT2D eigenvalue weighted by molar-refractivity contribution is 7.91. The minimum absolute atomic E-state index is 0.183. The fourth-order valence-electron chi connectivity index (χ4n) is 2.90. The molecule has 0 saturated carbocycles. The predicted molar refractivity (Wildman–Crippen MR) is 78.9 cm³/mol. The summed E-state index contributed by atoms with van der Waals surface area (Å²) in [6.07, 6.45) is 1.46.